The van der Waals surface area contributed by atoms with E-state index < -0.39 is 0 Å². The van der Waals surface area contributed by atoms with Crippen molar-refractivity contribution in [2.24, 2.45) is 0 Å². The van der Waals surface area contributed by atoms with Gasteiger partial charge >= 0.3 is 0 Å². The maximum Gasteiger partial charge on any atom is 0.231 e. The molecule has 0 unspecified atom stereocenters. The maximum absolute atomic E-state index is 11.8. The Labute approximate surface area is 93.6 Å². The largest absolute Gasteiger partial charge is 0.464 e. The molecule has 1 amide bonds. The van der Waals surface area contributed by atoms with Gasteiger partial charge in [0, 0.05) is 17.6 Å². The van der Waals surface area contributed by atoms with E-state index in [1.54, 1.807) is 6.26 Å². The number of rotatable bonds is 2. The van der Waals surface area contributed by atoms with E-state index in [0.717, 1.165) is 35.2 Å². The van der Waals surface area contributed by atoms with Crippen LogP contribution in [0.25, 0.3) is 11.0 Å². The third kappa shape index (κ3) is 1.24. The van der Waals surface area contributed by atoms with Crippen LogP contribution in [0.5, 0.6) is 0 Å². The molecule has 1 aromatic heterocycles. The first-order valence-corrected chi connectivity index (χ1v) is 5.60. The van der Waals surface area contributed by atoms with Gasteiger partial charge in [-0.05, 0) is 30.2 Å². The smallest absolute Gasteiger partial charge is 0.231 e. The Bertz CT molecular complexity index is 556. The fourth-order valence-electron chi connectivity index (χ4n) is 2.29. The number of nitrogens with zero attached hydrogens (tertiary/aromatic N) is 1. The average Bonchev–Trinajstić information content (AvgIpc) is 2.81. The predicted octanol–water partition coefficient (Wildman–Crippen LogP) is 2.73. The first-order valence-electron chi connectivity index (χ1n) is 5.60. The summed E-state index contributed by atoms with van der Waals surface area (Å²) in [6, 6.07) is 5.97. The zero-order chi connectivity index (χ0) is 11.1. The summed E-state index contributed by atoms with van der Waals surface area (Å²) < 4.78 is 5.34. The van der Waals surface area contributed by atoms with Gasteiger partial charge in [-0.15, -0.1) is 0 Å². The van der Waals surface area contributed by atoms with E-state index in [-0.39, 0.29) is 5.91 Å². The van der Waals surface area contributed by atoms with E-state index >= 15 is 0 Å². The fraction of sp³-hybridized carbons (Fsp3) is 0.308. The van der Waals surface area contributed by atoms with Crippen LogP contribution in [0.4, 0.5) is 5.69 Å². The summed E-state index contributed by atoms with van der Waals surface area (Å²) in [6.45, 7) is 2.89. The molecule has 0 radical (unpaired) electrons. The van der Waals surface area contributed by atoms with Crippen molar-refractivity contribution in [3.8, 4) is 0 Å². The molecule has 0 atom stereocenters. The van der Waals surface area contributed by atoms with Gasteiger partial charge < -0.3 is 9.32 Å². The van der Waals surface area contributed by atoms with E-state index in [4.69, 9.17) is 4.42 Å². The van der Waals surface area contributed by atoms with Crippen LogP contribution in [0.3, 0.4) is 0 Å². The van der Waals surface area contributed by atoms with Gasteiger partial charge in [0.05, 0.1) is 12.7 Å². The highest BCUT2D eigenvalue weighted by molar-refractivity contribution is 6.04. The number of carbonyl (C=O) groups is 1. The molecule has 1 aliphatic rings. The number of anilines is 1. The van der Waals surface area contributed by atoms with Crippen LogP contribution < -0.4 is 4.90 Å². The molecule has 0 N–H and O–H groups in total. The molecular weight excluding hydrogens is 202 g/mol. The molecule has 1 aromatic carbocycles. The van der Waals surface area contributed by atoms with E-state index in [0.29, 0.717) is 6.42 Å². The first kappa shape index (κ1) is 9.46. The molecule has 0 bridgehead atoms. The summed E-state index contributed by atoms with van der Waals surface area (Å²) >= 11 is 0. The van der Waals surface area contributed by atoms with E-state index in [1.165, 1.54) is 0 Å². The second-order valence-corrected chi connectivity index (χ2v) is 4.16. The van der Waals surface area contributed by atoms with Gasteiger partial charge in [-0.3, -0.25) is 4.79 Å². The number of carbonyl (C=O) groups excluding carboxylic acids is 1. The van der Waals surface area contributed by atoms with Crippen molar-refractivity contribution in [2.45, 2.75) is 19.8 Å². The van der Waals surface area contributed by atoms with Gasteiger partial charge in [-0.1, -0.05) is 6.92 Å². The minimum absolute atomic E-state index is 0.199. The quantitative estimate of drug-likeness (QED) is 0.771. The Morgan fingerprint density at radius 2 is 2.31 bits per heavy atom. The molecule has 0 saturated carbocycles. The number of amides is 1. The number of benzene rings is 1. The van der Waals surface area contributed by atoms with Crippen molar-refractivity contribution < 1.29 is 9.21 Å². The molecule has 2 heterocycles. The lowest BCUT2D eigenvalue weighted by Crippen LogP contribution is -2.27. The summed E-state index contributed by atoms with van der Waals surface area (Å²) in [6.07, 6.45) is 3.17. The molecule has 16 heavy (non-hydrogen) atoms. The summed E-state index contributed by atoms with van der Waals surface area (Å²) in [5, 5.41) is 1.06. The molecule has 1 aliphatic heterocycles. The van der Waals surface area contributed by atoms with Gasteiger partial charge in [0.2, 0.25) is 5.91 Å². The van der Waals surface area contributed by atoms with Crippen molar-refractivity contribution >= 4 is 22.6 Å². The zero-order valence-corrected chi connectivity index (χ0v) is 9.19. The molecule has 2 aromatic rings. The summed E-state index contributed by atoms with van der Waals surface area (Å²) in [7, 11) is 0. The average molecular weight is 215 g/mol. The van der Waals surface area contributed by atoms with Crippen LogP contribution in [-0.4, -0.2) is 12.5 Å². The van der Waals surface area contributed by atoms with E-state index in [1.807, 2.05) is 17.0 Å². The summed E-state index contributed by atoms with van der Waals surface area (Å²) in [4.78, 5) is 13.7. The Balaban J connectivity index is 2.15. The summed E-state index contributed by atoms with van der Waals surface area (Å²) in [5.41, 5.74) is 3.01. The van der Waals surface area contributed by atoms with Gasteiger partial charge in [0.15, 0.2) is 0 Å². The number of hydrogen-bond donors (Lipinski definition) is 0. The molecular formula is C13H13NO2. The van der Waals surface area contributed by atoms with E-state index in [9.17, 15) is 4.79 Å². The first-order chi connectivity index (χ1) is 7.79. The second kappa shape index (κ2) is 3.37. The van der Waals surface area contributed by atoms with Crippen molar-refractivity contribution in [2.75, 3.05) is 11.4 Å². The third-order valence-electron chi connectivity index (χ3n) is 3.03. The van der Waals surface area contributed by atoms with Crippen LogP contribution in [0.2, 0.25) is 0 Å². The van der Waals surface area contributed by atoms with Crippen molar-refractivity contribution in [1.82, 2.24) is 0 Å². The van der Waals surface area contributed by atoms with Crippen LogP contribution in [0.1, 0.15) is 18.9 Å². The van der Waals surface area contributed by atoms with Gasteiger partial charge in [0.25, 0.3) is 0 Å². The summed E-state index contributed by atoms with van der Waals surface area (Å²) in [5.74, 6) is 0.199. The molecule has 3 rings (SSSR count). The number of hydrogen-bond acceptors (Lipinski definition) is 2. The normalized spacial score (nSPS) is 14.8. The Hall–Kier alpha value is -1.77. The van der Waals surface area contributed by atoms with Crippen LogP contribution in [0.15, 0.2) is 28.9 Å². The number of fused-ring (bicyclic) bond motifs is 2. The van der Waals surface area contributed by atoms with Crippen LogP contribution in [0, 0.1) is 0 Å². The molecule has 3 heteroatoms. The topological polar surface area (TPSA) is 33.5 Å². The number of furan rings is 1. The second-order valence-electron chi connectivity index (χ2n) is 4.16. The SMILES string of the molecule is CCCN1C(=O)Cc2cc3occc3cc21. The predicted molar refractivity (Wildman–Crippen MR) is 62.6 cm³/mol. The molecule has 82 valence electrons. The van der Waals surface area contributed by atoms with E-state index in [2.05, 4.69) is 13.0 Å². The molecule has 0 saturated heterocycles. The van der Waals surface area contributed by atoms with Crippen molar-refractivity contribution in [3.05, 3.63) is 30.0 Å². The Kier molecular flexibility index (Phi) is 1.99. The molecule has 0 aliphatic carbocycles. The minimum Gasteiger partial charge on any atom is -0.464 e. The lowest BCUT2D eigenvalue weighted by molar-refractivity contribution is -0.117. The van der Waals surface area contributed by atoms with Gasteiger partial charge in [-0.2, -0.15) is 0 Å². The van der Waals surface area contributed by atoms with Crippen LogP contribution in [-0.2, 0) is 11.2 Å². The highest BCUT2D eigenvalue weighted by Gasteiger charge is 2.27. The Morgan fingerprint density at radius 1 is 1.44 bits per heavy atom. The molecule has 0 spiro atoms. The fourth-order valence-corrected chi connectivity index (χ4v) is 2.29. The van der Waals surface area contributed by atoms with Gasteiger partial charge in [-0.25, -0.2) is 0 Å². The molecule has 3 nitrogen and oxygen atoms in total. The van der Waals surface area contributed by atoms with Crippen molar-refractivity contribution in [3.63, 3.8) is 0 Å². The Morgan fingerprint density at radius 3 is 3.12 bits per heavy atom. The highest BCUT2D eigenvalue weighted by Crippen LogP contribution is 2.33. The lowest BCUT2D eigenvalue weighted by atomic mass is 10.1. The van der Waals surface area contributed by atoms with Crippen molar-refractivity contribution in [1.29, 1.82) is 0 Å². The maximum atomic E-state index is 11.8. The van der Waals surface area contributed by atoms with Crippen LogP contribution >= 0.6 is 0 Å². The standard InChI is InChI=1S/C13H13NO2/c1-2-4-14-11-6-9-3-5-16-12(9)7-10(11)8-13(14)15/h3,5-7H,2,4,8H2,1H3. The minimum atomic E-state index is 0.199. The van der Waals surface area contributed by atoms with Gasteiger partial charge in [0.1, 0.15) is 5.58 Å². The molecule has 0 fully saturated rings. The monoisotopic (exact) mass is 215 g/mol. The third-order valence-corrected chi connectivity index (χ3v) is 3.03. The zero-order valence-electron chi connectivity index (χ0n) is 9.19. The lowest BCUT2D eigenvalue weighted by Gasteiger charge is -2.16. The highest BCUT2D eigenvalue weighted by atomic mass is 16.3.